The number of hydrogen-bond donors (Lipinski definition) is 1. The van der Waals surface area contributed by atoms with E-state index in [4.69, 9.17) is 4.74 Å². The van der Waals surface area contributed by atoms with Gasteiger partial charge < -0.3 is 15.0 Å². The molecule has 0 radical (unpaired) electrons. The summed E-state index contributed by atoms with van der Waals surface area (Å²) < 4.78 is 8.16. The Balaban J connectivity index is 1.27. The Morgan fingerprint density at radius 1 is 1.38 bits per heavy atom. The second-order valence-corrected chi connectivity index (χ2v) is 8.56. The predicted molar refractivity (Wildman–Crippen MR) is 108 cm³/mol. The molecule has 4 atom stereocenters. The van der Waals surface area contributed by atoms with E-state index in [2.05, 4.69) is 32.2 Å². The third-order valence-electron chi connectivity index (χ3n) is 6.79. The topological polar surface area (TPSA) is 85.2 Å². The van der Waals surface area contributed by atoms with Gasteiger partial charge in [-0.2, -0.15) is 5.10 Å². The lowest BCUT2D eigenvalue weighted by Crippen LogP contribution is -2.42. The lowest BCUT2D eigenvalue weighted by atomic mass is 9.73. The molecule has 3 saturated heterocycles. The zero-order valence-electron chi connectivity index (χ0n) is 17.0. The second kappa shape index (κ2) is 7.09. The Morgan fingerprint density at radius 2 is 2.21 bits per heavy atom. The van der Waals surface area contributed by atoms with E-state index in [-0.39, 0.29) is 17.6 Å². The quantitative estimate of drug-likeness (QED) is 0.798. The van der Waals surface area contributed by atoms with Crippen molar-refractivity contribution in [2.24, 2.45) is 18.9 Å². The van der Waals surface area contributed by atoms with Crippen LogP contribution in [0.15, 0.2) is 24.5 Å². The van der Waals surface area contributed by atoms with Crippen LogP contribution in [-0.2, 0) is 18.2 Å². The van der Waals surface area contributed by atoms with Gasteiger partial charge in [-0.25, -0.2) is 9.97 Å². The number of aryl methyl sites for hydroxylation is 2. The monoisotopic (exact) mass is 396 g/mol. The Labute approximate surface area is 170 Å². The fourth-order valence-corrected chi connectivity index (χ4v) is 5.49. The molecule has 5 rings (SSSR count). The second-order valence-electron chi connectivity index (χ2n) is 8.56. The third kappa shape index (κ3) is 3.10. The lowest BCUT2D eigenvalue weighted by Gasteiger charge is -2.29. The Bertz CT molecular complexity index is 900. The number of anilines is 1. The van der Waals surface area contributed by atoms with Gasteiger partial charge >= 0.3 is 0 Å². The van der Waals surface area contributed by atoms with Crippen molar-refractivity contribution in [1.29, 1.82) is 0 Å². The van der Waals surface area contributed by atoms with Crippen LogP contribution in [0.4, 0.5) is 5.95 Å². The Kier molecular flexibility index (Phi) is 4.53. The van der Waals surface area contributed by atoms with Gasteiger partial charge in [-0.15, -0.1) is 0 Å². The molecule has 0 unspecified atom stereocenters. The van der Waals surface area contributed by atoms with Crippen molar-refractivity contribution < 1.29 is 9.53 Å². The third-order valence-corrected chi connectivity index (χ3v) is 6.79. The van der Waals surface area contributed by atoms with E-state index < -0.39 is 0 Å². The van der Waals surface area contributed by atoms with Crippen molar-refractivity contribution in [2.45, 2.75) is 44.3 Å². The van der Waals surface area contributed by atoms with Crippen molar-refractivity contribution in [1.82, 2.24) is 25.1 Å². The zero-order valence-corrected chi connectivity index (χ0v) is 17.0. The normalized spacial score (nSPS) is 30.0. The number of amides is 1. The first kappa shape index (κ1) is 18.5. The maximum absolute atomic E-state index is 12.8. The number of nitrogens with one attached hydrogen (secondary N) is 1. The number of carbonyl (C=O) groups is 1. The summed E-state index contributed by atoms with van der Waals surface area (Å²) in [6.07, 6.45) is 7.86. The van der Waals surface area contributed by atoms with Gasteiger partial charge in [0.2, 0.25) is 5.95 Å². The number of aromatic nitrogens is 4. The molecule has 5 heterocycles. The number of hydrogen-bond acceptors (Lipinski definition) is 6. The summed E-state index contributed by atoms with van der Waals surface area (Å²) in [5.74, 6) is 1.43. The number of ether oxygens (including phenoxy) is 1. The minimum Gasteiger partial charge on any atom is -0.369 e. The van der Waals surface area contributed by atoms with Gasteiger partial charge in [0.1, 0.15) is 5.69 Å². The molecule has 3 aliphatic heterocycles. The van der Waals surface area contributed by atoms with Gasteiger partial charge in [0.05, 0.1) is 23.9 Å². The minimum absolute atomic E-state index is 0.0552. The molecule has 2 aromatic heterocycles. The molecule has 1 amide bonds. The lowest BCUT2D eigenvalue weighted by molar-refractivity contribution is 0.0141. The fourth-order valence-electron chi connectivity index (χ4n) is 5.49. The first-order valence-electron chi connectivity index (χ1n) is 10.6. The maximum atomic E-state index is 12.8. The SMILES string of the molecule is CCCc1cc(C(=O)NC[C@H]2[C@H]3CN(c4ncccn4)C[C@]34CC[C@H]2O4)n(C)n1. The average Bonchev–Trinajstić information content (AvgIpc) is 3.46. The summed E-state index contributed by atoms with van der Waals surface area (Å²) in [6, 6.07) is 3.74. The van der Waals surface area contributed by atoms with E-state index in [1.807, 2.05) is 19.2 Å². The number of carbonyl (C=O) groups excluding carboxylic acids is 1. The molecule has 154 valence electrons. The van der Waals surface area contributed by atoms with E-state index in [1.54, 1.807) is 17.1 Å². The van der Waals surface area contributed by atoms with Crippen LogP contribution in [0.3, 0.4) is 0 Å². The summed E-state index contributed by atoms with van der Waals surface area (Å²) >= 11 is 0. The highest BCUT2D eigenvalue weighted by Gasteiger charge is 2.63. The van der Waals surface area contributed by atoms with Crippen molar-refractivity contribution in [3.8, 4) is 0 Å². The molecule has 0 aliphatic carbocycles. The summed E-state index contributed by atoms with van der Waals surface area (Å²) in [6.45, 7) is 4.47. The number of fused-ring (bicyclic) bond motifs is 1. The first-order chi connectivity index (χ1) is 14.1. The van der Waals surface area contributed by atoms with Crippen LogP contribution in [0.1, 0.15) is 42.4 Å². The van der Waals surface area contributed by atoms with E-state index in [0.717, 1.165) is 50.4 Å². The predicted octanol–water partition coefficient (Wildman–Crippen LogP) is 1.58. The molecule has 0 aromatic carbocycles. The number of nitrogens with zero attached hydrogens (tertiary/aromatic N) is 5. The highest BCUT2D eigenvalue weighted by atomic mass is 16.5. The van der Waals surface area contributed by atoms with Crippen molar-refractivity contribution >= 4 is 11.9 Å². The van der Waals surface area contributed by atoms with E-state index in [9.17, 15) is 4.79 Å². The molecule has 2 bridgehead atoms. The highest BCUT2D eigenvalue weighted by Crippen LogP contribution is 2.54. The Morgan fingerprint density at radius 3 is 3.00 bits per heavy atom. The van der Waals surface area contributed by atoms with Crippen LogP contribution in [0.5, 0.6) is 0 Å². The first-order valence-corrected chi connectivity index (χ1v) is 10.6. The largest absolute Gasteiger partial charge is 0.369 e. The van der Waals surface area contributed by atoms with Gasteiger partial charge in [-0.3, -0.25) is 9.48 Å². The minimum atomic E-state index is -0.111. The molecule has 8 nitrogen and oxygen atoms in total. The molecule has 3 aliphatic rings. The molecule has 1 spiro atoms. The number of rotatable bonds is 6. The summed E-state index contributed by atoms with van der Waals surface area (Å²) in [7, 11) is 1.83. The molecular weight excluding hydrogens is 368 g/mol. The summed E-state index contributed by atoms with van der Waals surface area (Å²) in [5.41, 5.74) is 1.48. The molecule has 8 heteroatoms. The van der Waals surface area contributed by atoms with E-state index in [0.29, 0.717) is 24.1 Å². The van der Waals surface area contributed by atoms with Crippen LogP contribution in [0, 0.1) is 11.8 Å². The van der Waals surface area contributed by atoms with Crippen LogP contribution >= 0.6 is 0 Å². The van der Waals surface area contributed by atoms with Crippen LogP contribution in [0.2, 0.25) is 0 Å². The molecular formula is C21H28N6O2. The smallest absolute Gasteiger partial charge is 0.269 e. The van der Waals surface area contributed by atoms with E-state index >= 15 is 0 Å². The van der Waals surface area contributed by atoms with Gasteiger partial charge in [0.25, 0.3) is 5.91 Å². The van der Waals surface area contributed by atoms with Gasteiger partial charge in [-0.05, 0) is 31.4 Å². The molecule has 29 heavy (non-hydrogen) atoms. The van der Waals surface area contributed by atoms with Gasteiger partial charge in [-0.1, -0.05) is 13.3 Å². The van der Waals surface area contributed by atoms with Crippen LogP contribution in [0.25, 0.3) is 0 Å². The van der Waals surface area contributed by atoms with Crippen molar-refractivity contribution in [2.75, 3.05) is 24.5 Å². The molecule has 3 fully saturated rings. The standard InChI is InChI=1S/C21H28N6O2/c1-3-5-14-10-17(26(2)25-14)19(28)24-11-15-16-12-27(20-22-8-4-9-23-20)13-21(16)7-6-18(15)29-21/h4,8-10,15-16,18H,3,5-7,11-13H2,1-2H3,(H,24,28)/t15-,16+,18+,21+/m0/s1. The maximum Gasteiger partial charge on any atom is 0.269 e. The fraction of sp³-hybridized carbons (Fsp3) is 0.619. The average molecular weight is 396 g/mol. The zero-order chi connectivity index (χ0) is 20.0. The van der Waals surface area contributed by atoms with Gasteiger partial charge in [0.15, 0.2) is 0 Å². The van der Waals surface area contributed by atoms with Gasteiger partial charge in [0, 0.05) is 44.4 Å². The Hall–Kier alpha value is -2.48. The van der Waals surface area contributed by atoms with Crippen molar-refractivity contribution in [3.05, 3.63) is 35.9 Å². The van der Waals surface area contributed by atoms with Crippen LogP contribution in [-0.4, -0.2) is 57.0 Å². The molecule has 0 saturated carbocycles. The molecule has 1 N–H and O–H groups in total. The molecule has 2 aromatic rings. The van der Waals surface area contributed by atoms with Crippen molar-refractivity contribution in [3.63, 3.8) is 0 Å². The van der Waals surface area contributed by atoms with Crippen LogP contribution < -0.4 is 10.2 Å². The highest BCUT2D eigenvalue weighted by molar-refractivity contribution is 5.92. The van der Waals surface area contributed by atoms with E-state index in [1.165, 1.54) is 0 Å². The summed E-state index contributed by atoms with van der Waals surface area (Å²) in [5, 5.41) is 7.60. The summed E-state index contributed by atoms with van der Waals surface area (Å²) in [4.78, 5) is 23.8.